The van der Waals surface area contributed by atoms with Gasteiger partial charge < -0.3 is 20.1 Å². The highest BCUT2D eigenvalue weighted by molar-refractivity contribution is 7.80. The Labute approximate surface area is 260 Å². The van der Waals surface area contributed by atoms with E-state index < -0.39 is 22.3 Å². The molecule has 2 aliphatic rings. The van der Waals surface area contributed by atoms with Crippen LogP contribution in [0.15, 0.2) is 36.4 Å². The molecule has 4 rings (SSSR count). The van der Waals surface area contributed by atoms with Crippen LogP contribution < -0.4 is 20.1 Å². The molecule has 2 atom stereocenters. The number of fused-ring (bicyclic) bond motifs is 2. The van der Waals surface area contributed by atoms with Crippen LogP contribution >= 0.6 is 24.4 Å². The van der Waals surface area contributed by atoms with Crippen molar-refractivity contribution in [3.05, 3.63) is 59.2 Å². The molecule has 0 saturated carbocycles. The number of benzene rings is 2. The van der Waals surface area contributed by atoms with Crippen molar-refractivity contribution in [1.29, 1.82) is 0 Å². The lowest BCUT2D eigenvalue weighted by atomic mass is 9.89. The topological polar surface area (TPSA) is 49.0 Å². The molecule has 2 aliphatic heterocycles. The minimum Gasteiger partial charge on any atom is -0.487 e. The fourth-order valence-corrected chi connectivity index (χ4v) is 6.72. The lowest BCUT2D eigenvalue weighted by molar-refractivity contribution is -0.0272. The monoisotopic (exact) mass is 618 g/mol. The van der Waals surface area contributed by atoms with Crippen molar-refractivity contribution in [2.24, 2.45) is 0 Å². The number of nitrogens with zero attached hydrogens (tertiary/aromatic N) is 2. The second kappa shape index (κ2) is 11.1. The van der Waals surface area contributed by atoms with Gasteiger partial charge in [0, 0.05) is 24.0 Å². The van der Waals surface area contributed by atoms with Crippen LogP contribution in [0.2, 0.25) is 0 Å². The third kappa shape index (κ3) is 7.08. The van der Waals surface area contributed by atoms with Gasteiger partial charge in [0.1, 0.15) is 34.3 Å². The summed E-state index contributed by atoms with van der Waals surface area (Å²) in [5.41, 5.74) is -0.539. The Hall–Kier alpha value is -2.72. The van der Waals surface area contributed by atoms with Gasteiger partial charge in [0.25, 0.3) is 0 Å². The molecule has 0 bridgehead atoms. The summed E-state index contributed by atoms with van der Waals surface area (Å²) in [5.74, 6) is 0.599. The zero-order valence-electron chi connectivity index (χ0n) is 26.3. The van der Waals surface area contributed by atoms with Crippen LogP contribution in [0.5, 0.6) is 11.5 Å². The number of hydrazine groups is 1. The van der Waals surface area contributed by atoms with E-state index in [-0.39, 0.29) is 23.7 Å². The van der Waals surface area contributed by atoms with Gasteiger partial charge in [0.05, 0.1) is 23.2 Å². The van der Waals surface area contributed by atoms with Crippen LogP contribution in [0.1, 0.15) is 105 Å². The average molecular weight is 619 g/mol. The summed E-state index contributed by atoms with van der Waals surface area (Å²) in [5, 5.41) is 11.9. The van der Waals surface area contributed by atoms with E-state index >= 15 is 0 Å². The van der Waals surface area contributed by atoms with Crippen LogP contribution in [0.25, 0.3) is 0 Å². The highest BCUT2D eigenvalue weighted by Crippen LogP contribution is 2.42. The molecule has 0 amide bonds. The zero-order chi connectivity index (χ0) is 31.4. The normalized spacial score (nSPS) is 20.7. The molecule has 6 nitrogen and oxygen atoms in total. The Balaban J connectivity index is 1.68. The lowest BCUT2D eigenvalue weighted by Gasteiger charge is -2.53. The van der Waals surface area contributed by atoms with Crippen LogP contribution in [0, 0.1) is 11.6 Å². The minimum atomic E-state index is -0.506. The van der Waals surface area contributed by atoms with Gasteiger partial charge in [-0.15, -0.1) is 0 Å². The summed E-state index contributed by atoms with van der Waals surface area (Å²) in [6.45, 7) is 20.4. The molecular weight excluding hydrogens is 575 g/mol. The van der Waals surface area contributed by atoms with Crippen molar-refractivity contribution in [2.45, 2.75) is 116 Å². The zero-order valence-corrected chi connectivity index (χ0v) is 27.9. The second-order valence-electron chi connectivity index (χ2n) is 14.5. The molecule has 0 radical (unpaired) electrons. The van der Waals surface area contributed by atoms with E-state index in [2.05, 4.69) is 52.2 Å². The molecule has 0 aromatic heterocycles. The van der Waals surface area contributed by atoms with Crippen molar-refractivity contribution >= 4 is 34.7 Å². The van der Waals surface area contributed by atoms with E-state index in [4.69, 9.17) is 33.9 Å². The van der Waals surface area contributed by atoms with Crippen molar-refractivity contribution < 1.29 is 18.3 Å². The smallest absolute Gasteiger partial charge is 0.189 e. The van der Waals surface area contributed by atoms with Crippen molar-refractivity contribution in [3.8, 4) is 11.5 Å². The molecule has 42 heavy (non-hydrogen) atoms. The first kappa shape index (κ1) is 32.2. The molecule has 230 valence electrons. The van der Waals surface area contributed by atoms with Crippen molar-refractivity contribution in [2.75, 3.05) is 0 Å². The summed E-state index contributed by atoms with van der Waals surface area (Å²) in [6, 6.07) is 8.59. The number of halogens is 2. The number of rotatable bonds is 2. The fraction of sp³-hybridized carbons (Fsp3) is 0.562. The molecule has 10 heteroatoms. The largest absolute Gasteiger partial charge is 0.487 e. The maximum Gasteiger partial charge on any atom is 0.189 e. The number of hydrogen-bond acceptors (Lipinski definition) is 4. The molecule has 0 saturated heterocycles. The first-order valence-corrected chi connectivity index (χ1v) is 15.2. The third-order valence-corrected chi connectivity index (χ3v) is 7.89. The molecular formula is C32H44F2N4O2S2. The van der Waals surface area contributed by atoms with Crippen molar-refractivity contribution in [1.82, 2.24) is 20.7 Å². The molecule has 2 aromatic carbocycles. The summed E-state index contributed by atoms with van der Waals surface area (Å²) < 4.78 is 41.0. The van der Waals surface area contributed by atoms with Crippen LogP contribution in [-0.4, -0.2) is 42.5 Å². The van der Waals surface area contributed by atoms with Gasteiger partial charge in [-0.1, -0.05) is 0 Å². The van der Waals surface area contributed by atoms with Crippen molar-refractivity contribution in [3.63, 3.8) is 0 Å². The van der Waals surface area contributed by atoms with Gasteiger partial charge in [-0.25, -0.2) is 8.78 Å². The van der Waals surface area contributed by atoms with Gasteiger partial charge in [-0.2, -0.15) is 0 Å². The molecule has 0 fully saturated rings. The number of thiocarbonyl (C=S) groups is 2. The van der Waals surface area contributed by atoms with E-state index in [0.717, 1.165) is 11.1 Å². The Morgan fingerprint density at radius 2 is 1.05 bits per heavy atom. The molecule has 2 N–H and O–H groups in total. The Morgan fingerprint density at radius 1 is 0.714 bits per heavy atom. The standard InChI is InChI=1S/C32H44F2N4O2S2/c1-29(2,3)37(27(41)35-23-17-31(7,8)39-25-13-11-19(33)15-21(23)25)38(30(4,5)6)28(42)36-24-18-32(9,10)40-26-14-12-20(34)16-22(24)26/h11-16,23-24H,17-18H2,1-10H3,(H,35,41)(H,36,42). The molecule has 2 unspecified atom stereocenters. The second-order valence-corrected chi connectivity index (χ2v) is 15.2. The maximum absolute atomic E-state index is 14.4. The number of hydrogen-bond donors (Lipinski definition) is 2. The molecule has 2 aromatic rings. The summed E-state index contributed by atoms with van der Waals surface area (Å²) in [4.78, 5) is 0. The van der Waals surface area contributed by atoms with Crippen LogP contribution in [0.3, 0.4) is 0 Å². The van der Waals surface area contributed by atoms with E-state index in [9.17, 15) is 8.78 Å². The van der Waals surface area contributed by atoms with Gasteiger partial charge >= 0.3 is 0 Å². The SMILES string of the molecule is CC1(C)CC(NC(=S)N(N(C(=S)NC2CC(C)(C)Oc3ccc(F)cc32)C(C)(C)C)C(C)(C)C)c2cc(F)ccc2O1. The first-order valence-electron chi connectivity index (χ1n) is 14.4. The first-order chi connectivity index (χ1) is 19.2. The number of nitrogens with one attached hydrogen (secondary N) is 2. The maximum atomic E-state index is 14.4. The fourth-order valence-electron chi connectivity index (χ4n) is 5.72. The number of ether oxygens (including phenoxy) is 2. The van der Waals surface area contributed by atoms with Gasteiger partial charge in [0.15, 0.2) is 10.2 Å². The summed E-state index contributed by atoms with van der Waals surface area (Å²) in [6.07, 6.45) is 1.17. The van der Waals surface area contributed by atoms with Gasteiger partial charge in [0.2, 0.25) is 0 Å². The van der Waals surface area contributed by atoms with Crippen LogP contribution in [0.4, 0.5) is 8.78 Å². The van der Waals surface area contributed by atoms with E-state index in [1.165, 1.54) is 24.3 Å². The minimum absolute atomic E-state index is 0.286. The third-order valence-electron chi connectivity index (χ3n) is 7.31. The van der Waals surface area contributed by atoms with Gasteiger partial charge in [-0.05, 0) is 130 Å². The van der Waals surface area contributed by atoms with E-state index in [0.29, 0.717) is 34.6 Å². The Bertz CT molecular complexity index is 1260. The van der Waals surface area contributed by atoms with Gasteiger partial charge in [-0.3, -0.25) is 10.0 Å². The van der Waals surface area contributed by atoms with E-state index in [1.54, 1.807) is 12.1 Å². The summed E-state index contributed by atoms with van der Waals surface area (Å²) in [7, 11) is 0. The predicted octanol–water partition coefficient (Wildman–Crippen LogP) is 7.73. The highest BCUT2D eigenvalue weighted by atomic mass is 32.1. The lowest BCUT2D eigenvalue weighted by Crippen LogP contribution is -2.68. The van der Waals surface area contributed by atoms with Crippen LogP contribution in [-0.2, 0) is 0 Å². The quantitative estimate of drug-likeness (QED) is 0.262. The molecule has 2 heterocycles. The Morgan fingerprint density at radius 3 is 1.36 bits per heavy atom. The molecule has 0 spiro atoms. The summed E-state index contributed by atoms with van der Waals surface area (Å²) >= 11 is 12.2. The van der Waals surface area contributed by atoms with E-state index in [1.807, 2.05) is 37.7 Å². The molecule has 0 aliphatic carbocycles. The highest BCUT2D eigenvalue weighted by Gasteiger charge is 2.42. The average Bonchev–Trinajstić information content (AvgIpc) is 2.80. The predicted molar refractivity (Wildman–Crippen MR) is 172 cm³/mol. The Kier molecular flexibility index (Phi) is 8.50.